The predicted molar refractivity (Wildman–Crippen MR) is 131 cm³/mol. The Kier molecular flexibility index (Phi) is 6.88. The topological polar surface area (TPSA) is 78.7 Å². The zero-order valence-electron chi connectivity index (χ0n) is 19.0. The average molecular weight is 469 g/mol. The number of piperazine rings is 1. The van der Waals surface area contributed by atoms with Crippen LogP contribution in [-0.4, -0.2) is 51.6 Å². The van der Waals surface area contributed by atoms with Crippen molar-refractivity contribution >= 4 is 34.2 Å². The van der Waals surface area contributed by atoms with Crippen molar-refractivity contribution < 1.29 is 9.90 Å². The number of para-hydroxylation sites is 2. The number of halogens is 1. The Balaban J connectivity index is 1.45. The van der Waals surface area contributed by atoms with Gasteiger partial charge in [-0.1, -0.05) is 37.6 Å². The summed E-state index contributed by atoms with van der Waals surface area (Å²) in [4.78, 5) is 34.5. The molecule has 1 saturated heterocycles. The van der Waals surface area contributed by atoms with Gasteiger partial charge in [0.15, 0.2) is 0 Å². The first-order valence-electron chi connectivity index (χ1n) is 11.3. The summed E-state index contributed by atoms with van der Waals surface area (Å²) >= 11 is 6.16. The van der Waals surface area contributed by atoms with Crippen LogP contribution < -0.4 is 10.5 Å². The van der Waals surface area contributed by atoms with Crippen LogP contribution in [0.1, 0.15) is 26.0 Å². The summed E-state index contributed by atoms with van der Waals surface area (Å²) in [5.41, 5.74) is 2.46. The number of nitrogens with zero attached hydrogens (tertiary/aromatic N) is 4. The molecule has 0 aliphatic carbocycles. The average Bonchev–Trinajstić information content (AvgIpc) is 2.80. The largest absolute Gasteiger partial charge is 0.506 e. The molecule has 2 aromatic carbocycles. The molecule has 0 saturated carbocycles. The number of fused-ring (bicyclic) bond motifs is 1. The van der Waals surface area contributed by atoms with E-state index in [-0.39, 0.29) is 30.1 Å². The maximum atomic E-state index is 13.1. The first-order chi connectivity index (χ1) is 15.8. The molecule has 33 heavy (non-hydrogen) atoms. The molecule has 1 aliphatic heterocycles. The quantitative estimate of drug-likeness (QED) is 0.596. The number of aromatic hydroxyl groups is 1. The van der Waals surface area contributed by atoms with Crippen molar-refractivity contribution in [1.29, 1.82) is 0 Å². The third-order valence-electron chi connectivity index (χ3n) is 5.95. The Hall–Kier alpha value is -3.06. The van der Waals surface area contributed by atoms with Crippen LogP contribution in [0.25, 0.3) is 11.0 Å². The first kappa shape index (κ1) is 23.1. The van der Waals surface area contributed by atoms with E-state index < -0.39 is 0 Å². The standard InChI is InChI=1S/C25H29ClN4O3/c1-17(2)16-30-21-9-7-18(26)15-20(21)27-19(25(30)33)8-10-24(32)29-13-11-28(12-14-29)22-5-3-4-6-23(22)31/h3-7,9,15,17,31H,8,10-14,16H2,1-2H3. The van der Waals surface area contributed by atoms with E-state index >= 15 is 0 Å². The molecule has 2 heterocycles. The van der Waals surface area contributed by atoms with Gasteiger partial charge in [0.25, 0.3) is 5.56 Å². The number of rotatable bonds is 6. The second-order valence-corrected chi connectivity index (χ2v) is 9.29. The van der Waals surface area contributed by atoms with Crippen molar-refractivity contribution in [1.82, 2.24) is 14.5 Å². The van der Waals surface area contributed by atoms with Crippen LogP contribution in [0.4, 0.5) is 5.69 Å². The highest BCUT2D eigenvalue weighted by atomic mass is 35.5. The van der Waals surface area contributed by atoms with Crippen LogP contribution in [0, 0.1) is 5.92 Å². The van der Waals surface area contributed by atoms with Crippen molar-refractivity contribution in [2.45, 2.75) is 33.2 Å². The first-order valence-corrected chi connectivity index (χ1v) is 11.7. The predicted octanol–water partition coefficient (Wildman–Crippen LogP) is 3.69. The number of anilines is 1. The summed E-state index contributed by atoms with van der Waals surface area (Å²) in [6.45, 7) is 7.15. The van der Waals surface area contributed by atoms with E-state index in [0.29, 0.717) is 54.9 Å². The van der Waals surface area contributed by atoms with Gasteiger partial charge in [0.1, 0.15) is 11.4 Å². The molecule has 1 amide bonds. The van der Waals surface area contributed by atoms with Crippen molar-refractivity contribution in [3.8, 4) is 5.75 Å². The van der Waals surface area contributed by atoms with E-state index in [9.17, 15) is 14.7 Å². The van der Waals surface area contributed by atoms with Gasteiger partial charge in [0.05, 0.1) is 16.7 Å². The molecule has 4 rings (SSSR count). The summed E-state index contributed by atoms with van der Waals surface area (Å²) in [7, 11) is 0. The third-order valence-corrected chi connectivity index (χ3v) is 6.19. The minimum absolute atomic E-state index is 0.00901. The lowest BCUT2D eigenvalue weighted by Gasteiger charge is -2.36. The molecule has 7 nitrogen and oxygen atoms in total. The Labute approximate surface area is 198 Å². The van der Waals surface area contributed by atoms with Crippen LogP contribution in [0.15, 0.2) is 47.3 Å². The summed E-state index contributed by atoms with van der Waals surface area (Å²) in [5.74, 6) is 0.547. The number of amides is 1. The molecule has 0 bridgehead atoms. The number of benzene rings is 2. The van der Waals surface area contributed by atoms with Gasteiger partial charge in [-0.2, -0.15) is 0 Å². The Bertz CT molecular complexity index is 1220. The summed E-state index contributed by atoms with van der Waals surface area (Å²) in [6, 6.07) is 12.6. The zero-order valence-corrected chi connectivity index (χ0v) is 19.8. The molecule has 0 atom stereocenters. The van der Waals surface area contributed by atoms with Crippen molar-refractivity contribution in [3.63, 3.8) is 0 Å². The van der Waals surface area contributed by atoms with Gasteiger partial charge in [0, 0.05) is 50.6 Å². The second kappa shape index (κ2) is 9.83. The normalized spacial score (nSPS) is 14.3. The molecular formula is C25H29ClN4O3. The van der Waals surface area contributed by atoms with Gasteiger partial charge in [-0.25, -0.2) is 4.98 Å². The minimum Gasteiger partial charge on any atom is -0.506 e. The molecular weight excluding hydrogens is 440 g/mol. The number of phenolic OH excluding ortho intramolecular Hbond substituents is 1. The Morgan fingerprint density at radius 2 is 1.85 bits per heavy atom. The number of aromatic nitrogens is 2. The molecule has 0 unspecified atom stereocenters. The van der Waals surface area contributed by atoms with Gasteiger partial charge in [-0.3, -0.25) is 9.59 Å². The number of hydrogen-bond acceptors (Lipinski definition) is 5. The Morgan fingerprint density at radius 3 is 2.55 bits per heavy atom. The van der Waals surface area contributed by atoms with E-state index in [2.05, 4.69) is 23.7 Å². The summed E-state index contributed by atoms with van der Waals surface area (Å²) in [6.07, 6.45) is 0.518. The van der Waals surface area contributed by atoms with Crippen molar-refractivity contribution in [3.05, 3.63) is 63.5 Å². The monoisotopic (exact) mass is 468 g/mol. The number of carbonyl (C=O) groups excluding carboxylic acids is 1. The van der Waals surface area contributed by atoms with E-state index in [1.165, 1.54) is 0 Å². The lowest BCUT2D eigenvalue weighted by atomic mass is 10.1. The van der Waals surface area contributed by atoms with E-state index in [0.717, 1.165) is 11.2 Å². The number of phenols is 1. The molecule has 1 aromatic heterocycles. The third kappa shape index (κ3) is 5.14. The molecule has 1 aliphatic rings. The molecule has 8 heteroatoms. The van der Waals surface area contributed by atoms with Gasteiger partial charge >= 0.3 is 0 Å². The molecule has 0 spiro atoms. The maximum absolute atomic E-state index is 13.1. The fourth-order valence-corrected chi connectivity index (χ4v) is 4.46. The minimum atomic E-state index is -0.143. The van der Waals surface area contributed by atoms with E-state index in [1.807, 2.05) is 23.1 Å². The lowest BCUT2D eigenvalue weighted by molar-refractivity contribution is -0.131. The number of hydrogen-bond donors (Lipinski definition) is 1. The van der Waals surface area contributed by atoms with E-state index in [1.54, 1.807) is 28.8 Å². The Morgan fingerprint density at radius 1 is 1.12 bits per heavy atom. The summed E-state index contributed by atoms with van der Waals surface area (Å²) < 4.78 is 1.74. The molecule has 3 aromatic rings. The zero-order chi connectivity index (χ0) is 23.5. The van der Waals surface area contributed by atoms with Gasteiger partial charge in [-0.15, -0.1) is 0 Å². The number of aryl methyl sites for hydroxylation is 1. The lowest BCUT2D eigenvalue weighted by Crippen LogP contribution is -2.49. The molecule has 0 radical (unpaired) electrons. The maximum Gasteiger partial charge on any atom is 0.272 e. The van der Waals surface area contributed by atoms with Crippen molar-refractivity contribution in [2.24, 2.45) is 5.92 Å². The van der Waals surface area contributed by atoms with E-state index in [4.69, 9.17) is 11.6 Å². The summed E-state index contributed by atoms with van der Waals surface area (Å²) in [5, 5.41) is 10.6. The van der Waals surface area contributed by atoms with Crippen LogP contribution in [-0.2, 0) is 17.8 Å². The fourth-order valence-electron chi connectivity index (χ4n) is 4.29. The van der Waals surface area contributed by atoms with Crippen molar-refractivity contribution in [2.75, 3.05) is 31.1 Å². The highest BCUT2D eigenvalue weighted by molar-refractivity contribution is 6.31. The molecule has 1 fully saturated rings. The highest BCUT2D eigenvalue weighted by Gasteiger charge is 2.23. The van der Waals surface area contributed by atoms with Gasteiger partial charge in [0.2, 0.25) is 5.91 Å². The number of carbonyl (C=O) groups is 1. The van der Waals surface area contributed by atoms with Crippen LogP contribution in [0.5, 0.6) is 5.75 Å². The van der Waals surface area contributed by atoms with Crippen LogP contribution in [0.2, 0.25) is 5.02 Å². The molecule has 1 N–H and O–H groups in total. The fraction of sp³-hybridized carbons (Fsp3) is 0.400. The van der Waals surface area contributed by atoms with Gasteiger partial charge in [-0.05, 0) is 36.2 Å². The van der Waals surface area contributed by atoms with Crippen LogP contribution in [0.3, 0.4) is 0 Å². The molecule has 174 valence electrons. The SMILES string of the molecule is CC(C)Cn1c(=O)c(CCC(=O)N2CCN(c3ccccc3O)CC2)nc2cc(Cl)ccc21. The highest BCUT2D eigenvalue weighted by Crippen LogP contribution is 2.27. The smallest absolute Gasteiger partial charge is 0.272 e. The van der Waals surface area contributed by atoms with Gasteiger partial charge < -0.3 is 19.5 Å². The second-order valence-electron chi connectivity index (χ2n) is 8.86. The van der Waals surface area contributed by atoms with Crippen LogP contribution >= 0.6 is 11.6 Å².